The van der Waals surface area contributed by atoms with Crippen LogP contribution in [0.4, 0.5) is 0 Å². The van der Waals surface area contributed by atoms with Crippen molar-refractivity contribution >= 4 is 25.8 Å². The van der Waals surface area contributed by atoms with E-state index in [-0.39, 0.29) is 24.7 Å². The molecule has 0 fully saturated rings. The van der Waals surface area contributed by atoms with E-state index in [9.17, 15) is 18.6 Å². The van der Waals surface area contributed by atoms with E-state index in [0.717, 1.165) is 10.0 Å². The number of aliphatic hydroxyl groups excluding tert-OH is 2. The molecule has 0 saturated carbocycles. The second-order valence-electron chi connectivity index (χ2n) is 4.92. The maximum atomic E-state index is 11.5. The average molecular weight is 365 g/mol. The second-order valence-corrected chi connectivity index (χ2v) is 8.24. The highest BCUT2D eigenvalue weighted by Gasteiger charge is 2.32. The molecule has 0 aromatic heterocycles. The Morgan fingerprint density at radius 1 is 1.20 bits per heavy atom. The van der Waals surface area contributed by atoms with Crippen molar-refractivity contribution in [2.45, 2.75) is 25.2 Å². The summed E-state index contributed by atoms with van der Waals surface area (Å²) in [5, 5.41) is 19.4. The SMILES string of the molecule is CCS(=O)(=O)CCCC(CO)(CO)c1ccccc1Br. The molecule has 0 aliphatic rings. The van der Waals surface area contributed by atoms with Crippen molar-refractivity contribution in [3.05, 3.63) is 34.3 Å². The van der Waals surface area contributed by atoms with Gasteiger partial charge in [-0.3, -0.25) is 0 Å². The van der Waals surface area contributed by atoms with Gasteiger partial charge >= 0.3 is 0 Å². The Kier molecular flexibility index (Phi) is 6.64. The zero-order valence-corrected chi connectivity index (χ0v) is 14.0. The van der Waals surface area contributed by atoms with Crippen LogP contribution >= 0.6 is 15.9 Å². The molecule has 4 nitrogen and oxygen atoms in total. The van der Waals surface area contributed by atoms with Crippen LogP contribution in [0.2, 0.25) is 0 Å². The summed E-state index contributed by atoms with van der Waals surface area (Å²) >= 11 is 3.42. The lowest BCUT2D eigenvalue weighted by Crippen LogP contribution is -2.35. The van der Waals surface area contributed by atoms with E-state index >= 15 is 0 Å². The molecule has 0 amide bonds. The maximum absolute atomic E-state index is 11.5. The lowest BCUT2D eigenvalue weighted by Gasteiger charge is -2.31. The lowest BCUT2D eigenvalue weighted by molar-refractivity contribution is 0.108. The zero-order chi connectivity index (χ0) is 15.2. The van der Waals surface area contributed by atoms with Crippen LogP contribution in [-0.4, -0.2) is 43.4 Å². The summed E-state index contributed by atoms with van der Waals surface area (Å²) in [5.41, 5.74) is -0.0116. The van der Waals surface area contributed by atoms with E-state index in [0.29, 0.717) is 12.8 Å². The van der Waals surface area contributed by atoms with Crippen LogP contribution in [0, 0.1) is 0 Å². The van der Waals surface area contributed by atoms with Crippen molar-refractivity contribution in [3.8, 4) is 0 Å². The molecule has 1 aromatic rings. The molecule has 114 valence electrons. The molecule has 0 heterocycles. The van der Waals surface area contributed by atoms with Gasteiger partial charge in [-0.1, -0.05) is 41.1 Å². The van der Waals surface area contributed by atoms with Crippen LogP contribution in [-0.2, 0) is 15.3 Å². The number of benzene rings is 1. The van der Waals surface area contributed by atoms with E-state index in [1.165, 1.54) is 0 Å². The first-order valence-electron chi connectivity index (χ1n) is 6.58. The van der Waals surface area contributed by atoms with E-state index in [4.69, 9.17) is 0 Å². The fourth-order valence-electron chi connectivity index (χ4n) is 2.18. The standard InChI is InChI=1S/C14H21BrO4S/c1-2-20(18,19)9-5-8-14(10-16,11-17)12-6-3-4-7-13(12)15/h3-4,6-7,16-17H,2,5,8-11H2,1H3. The summed E-state index contributed by atoms with van der Waals surface area (Å²) < 4.78 is 23.9. The molecule has 0 atom stereocenters. The predicted octanol–water partition coefficient (Wildman–Crippen LogP) is 1.89. The van der Waals surface area contributed by atoms with E-state index in [1.54, 1.807) is 6.92 Å². The van der Waals surface area contributed by atoms with Crippen LogP contribution in [0.15, 0.2) is 28.7 Å². The Morgan fingerprint density at radius 2 is 1.80 bits per heavy atom. The number of rotatable bonds is 8. The maximum Gasteiger partial charge on any atom is 0.150 e. The highest BCUT2D eigenvalue weighted by atomic mass is 79.9. The molecule has 1 aromatic carbocycles. The largest absolute Gasteiger partial charge is 0.395 e. The van der Waals surface area contributed by atoms with Crippen molar-refractivity contribution in [3.63, 3.8) is 0 Å². The van der Waals surface area contributed by atoms with Crippen LogP contribution < -0.4 is 0 Å². The average Bonchev–Trinajstić information content (AvgIpc) is 2.45. The highest BCUT2D eigenvalue weighted by Crippen LogP contribution is 2.34. The van der Waals surface area contributed by atoms with E-state index in [2.05, 4.69) is 15.9 Å². The van der Waals surface area contributed by atoms with Crippen molar-refractivity contribution in [1.29, 1.82) is 0 Å². The lowest BCUT2D eigenvalue weighted by atomic mass is 9.78. The summed E-state index contributed by atoms with van der Waals surface area (Å²) in [6, 6.07) is 7.38. The van der Waals surface area contributed by atoms with Crippen molar-refractivity contribution in [2.75, 3.05) is 24.7 Å². The molecular weight excluding hydrogens is 344 g/mol. The molecule has 0 aliphatic carbocycles. The van der Waals surface area contributed by atoms with Crippen LogP contribution in [0.5, 0.6) is 0 Å². The Labute approximate surface area is 128 Å². The number of hydrogen-bond donors (Lipinski definition) is 2. The van der Waals surface area contributed by atoms with Crippen LogP contribution in [0.1, 0.15) is 25.3 Å². The topological polar surface area (TPSA) is 74.6 Å². The number of halogens is 1. The summed E-state index contributed by atoms with van der Waals surface area (Å²) in [6.07, 6.45) is 0.834. The van der Waals surface area contributed by atoms with Gasteiger partial charge < -0.3 is 10.2 Å². The summed E-state index contributed by atoms with van der Waals surface area (Å²) in [4.78, 5) is 0. The number of hydrogen-bond acceptors (Lipinski definition) is 4. The molecule has 0 spiro atoms. The zero-order valence-electron chi connectivity index (χ0n) is 11.5. The minimum absolute atomic E-state index is 0.0791. The molecular formula is C14H21BrO4S. The molecule has 2 N–H and O–H groups in total. The minimum Gasteiger partial charge on any atom is -0.395 e. The van der Waals surface area contributed by atoms with Gasteiger partial charge in [-0.05, 0) is 24.5 Å². The van der Waals surface area contributed by atoms with Gasteiger partial charge in [0.25, 0.3) is 0 Å². The first-order valence-corrected chi connectivity index (χ1v) is 9.19. The van der Waals surface area contributed by atoms with Gasteiger partial charge in [0, 0.05) is 15.6 Å². The van der Waals surface area contributed by atoms with Gasteiger partial charge in [-0.2, -0.15) is 0 Å². The van der Waals surface area contributed by atoms with Crippen molar-refractivity contribution < 1.29 is 18.6 Å². The summed E-state index contributed by atoms with van der Waals surface area (Å²) in [6.45, 7) is 1.17. The Morgan fingerprint density at radius 3 is 2.30 bits per heavy atom. The third-order valence-electron chi connectivity index (χ3n) is 3.60. The molecule has 0 bridgehead atoms. The Hall–Kier alpha value is -0.430. The summed E-state index contributed by atoms with van der Waals surface area (Å²) in [7, 11) is -3.03. The third kappa shape index (κ3) is 4.28. The molecule has 0 aliphatic heterocycles. The first-order chi connectivity index (χ1) is 9.40. The van der Waals surface area contributed by atoms with Gasteiger partial charge in [0.15, 0.2) is 0 Å². The van der Waals surface area contributed by atoms with Crippen LogP contribution in [0.3, 0.4) is 0 Å². The van der Waals surface area contributed by atoms with Gasteiger partial charge in [0.1, 0.15) is 9.84 Å². The predicted molar refractivity (Wildman–Crippen MR) is 83.6 cm³/mol. The van der Waals surface area contributed by atoms with Gasteiger partial charge in [0.2, 0.25) is 0 Å². The molecule has 6 heteroatoms. The van der Waals surface area contributed by atoms with Crippen molar-refractivity contribution in [1.82, 2.24) is 0 Å². The molecule has 1 rings (SSSR count). The van der Waals surface area contributed by atoms with Crippen LogP contribution in [0.25, 0.3) is 0 Å². The second kappa shape index (κ2) is 7.54. The molecule has 0 radical (unpaired) electrons. The molecule has 20 heavy (non-hydrogen) atoms. The Bertz CT molecular complexity index is 524. The fourth-order valence-corrected chi connectivity index (χ4v) is 3.76. The fraction of sp³-hybridized carbons (Fsp3) is 0.571. The molecule has 0 saturated heterocycles. The highest BCUT2D eigenvalue weighted by molar-refractivity contribution is 9.10. The van der Waals surface area contributed by atoms with Gasteiger partial charge in [-0.15, -0.1) is 0 Å². The normalized spacial score (nSPS) is 12.6. The monoisotopic (exact) mass is 364 g/mol. The van der Waals surface area contributed by atoms with Gasteiger partial charge in [0.05, 0.1) is 19.0 Å². The molecule has 0 unspecified atom stereocenters. The quantitative estimate of drug-likeness (QED) is 0.738. The third-order valence-corrected chi connectivity index (χ3v) is 6.08. The number of sulfone groups is 1. The minimum atomic E-state index is -3.03. The number of aliphatic hydroxyl groups is 2. The van der Waals surface area contributed by atoms with E-state index < -0.39 is 15.3 Å². The van der Waals surface area contributed by atoms with Gasteiger partial charge in [-0.25, -0.2) is 8.42 Å². The summed E-state index contributed by atoms with van der Waals surface area (Å²) in [5.74, 6) is 0.197. The van der Waals surface area contributed by atoms with E-state index in [1.807, 2.05) is 24.3 Å². The van der Waals surface area contributed by atoms with Crippen molar-refractivity contribution in [2.24, 2.45) is 0 Å². The smallest absolute Gasteiger partial charge is 0.150 e. The first kappa shape index (κ1) is 17.6. The Balaban J connectivity index is 2.91.